The molecule has 2 aromatic carbocycles. The third-order valence-corrected chi connectivity index (χ3v) is 8.33. The second kappa shape index (κ2) is 12.2. The van der Waals surface area contributed by atoms with Crippen LogP contribution in [0.2, 0.25) is 0 Å². The van der Waals surface area contributed by atoms with Crippen molar-refractivity contribution in [2.75, 3.05) is 20.6 Å². The Morgan fingerprint density at radius 3 is 2.71 bits per heavy atom. The zero-order valence-electron chi connectivity index (χ0n) is 24.1. The third-order valence-electron chi connectivity index (χ3n) is 8.33. The van der Waals surface area contributed by atoms with Crippen LogP contribution in [-0.4, -0.2) is 77.4 Å². The van der Waals surface area contributed by atoms with Crippen molar-refractivity contribution >= 4 is 34.7 Å². The van der Waals surface area contributed by atoms with Gasteiger partial charge in [0, 0.05) is 36.3 Å². The number of carbonyl (C=O) groups is 3. The summed E-state index contributed by atoms with van der Waals surface area (Å²) < 4.78 is 6.38. The lowest BCUT2D eigenvalue weighted by molar-refractivity contribution is -0.144. The average Bonchev–Trinajstić information content (AvgIpc) is 3.57. The van der Waals surface area contributed by atoms with Crippen LogP contribution in [0.5, 0.6) is 5.75 Å². The van der Waals surface area contributed by atoms with Gasteiger partial charge in [-0.2, -0.15) is 0 Å². The number of aromatic nitrogens is 1. The molecular formula is C32H39N5O4. The lowest BCUT2D eigenvalue weighted by atomic mass is 9.97. The molecule has 3 N–H and O–H groups in total. The van der Waals surface area contributed by atoms with Gasteiger partial charge in [-0.05, 0) is 61.8 Å². The quantitative estimate of drug-likeness (QED) is 0.431. The van der Waals surface area contributed by atoms with Gasteiger partial charge >= 0.3 is 0 Å². The van der Waals surface area contributed by atoms with Gasteiger partial charge in [0.2, 0.25) is 17.7 Å². The molecule has 2 aliphatic heterocycles. The van der Waals surface area contributed by atoms with Gasteiger partial charge in [-0.1, -0.05) is 50.6 Å². The summed E-state index contributed by atoms with van der Waals surface area (Å²) in [6, 6.07) is 13.4. The molecule has 3 amide bonds. The number of aromatic amines is 1. The van der Waals surface area contributed by atoms with E-state index in [0.29, 0.717) is 31.6 Å². The number of H-pyrrole nitrogens is 1. The van der Waals surface area contributed by atoms with Crippen molar-refractivity contribution in [1.82, 2.24) is 25.4 Å². The molecule has 9 nitrogen and oxygen atoms in total. The number of rotatable bonds is 6. The van der Waals surface area contributed by atoms with E-state index in [1.54, 1.807) is 17.2 Å². The summed E-state index contributed by atoms with van der Waals surface area (Å²) in [7, 11) is 3.77. The second-order valence-corrected chi connectivity index (χ2v) is 11.3. The molecule has 2 bridgehead atoms. The topological polar surface area (TPSA) is 107 Å². The van der Waals surface area contributed by atoms with Gasteiger partial charge in [0.15, 0.2) is 0 Å². The molecule has 3 heterocycles. The Morgan fingerprint density at radius 1 is 1.12 bits per heavy atom. The van der Waals surface area contributed by atoms with Gasteiger partial charge in [0.25, 0.3) is 0 Å². The number of fused-ring (bicyclic) bond motifs is 4. The zero-order valence-corrected chi connectivity index (χ0v) is 24.1. The Bertz CT molecular complexity index is 1450. The molecule has 9 heteroatoms. The number of amides is 3. The Balaban J connectivity index is 1.48. The van der Waals surface area contributed by atoms with Gasteiger partial charge in [-0.15, -0.1) is 0 Å². The minimum atomic E-state index is -0.885. The summed E-state index contributed by atoms with van der Waals surface area (Å²) in [5, 5.41) is 6.87. The van der Waals surface area contributed by atoms with Crippen LogP contribution in [0.25, 0.3) is 17.0 Å². The molecule has 5 atom stereocenters. The molecule has 0 radical (unpaired) electrons. The number of para-hydroxylation sites is 1. The number of likely N-dealkylation sites (tertiary alicyclic amines) is 1. The molecular weight excluding hydrogens is 518 g/mol. The molecule has 0 saturated carbocycles. The summed E-state index contributed by atoms with van der Waals surface area (Å²) in [6.45, 7) is 4.29. The van der Waals surface area contributed by atoms with E-state index in [0.717, 1.165) is 22.0 Å². The fourth-order valence-electron chi connectivity index (χ4n) is 5.75. The summed E-state index contributed by atoms with van der Waals surface area (Å²) in [6.07, 6.45) is 6.46. The Morgan fingerprint density at radius 2 is 1.93 bits per heavy atom. The molecule has 2 aliphatic rings. The molecule has 0 spiro atoms. The average molecular weight is 558 g/mol. The maximum absolute atomic E-state index is 14.2. The largest absolute Gasteiger partial charge is 0.488 e. The number of carbonyl (C=O) groups excluding carboxylic acids is 3. The van der Waals surface area contributed by atoms with Crippen LogP contribution in [0.3, 0.4) is 0 Å². The standard InChI is InChI=1S/C32H39N5O4/c1-5-20(2)28-30(38)33-15-13-21-9-8-10-23(17-21)41-27-14-16-37(29(27)31(39)35-28)32(40)26(36(3)4)18-22-19-34-25-12-7-6-11-24(22)25/h6-13,15,17,19-20,26-29,34H,5,14,16,18H2,1-4H3,(H,33,38)(H,35,39)/t20-,26-,27-,28-,29-/m0/s1. The fourth-order valence-corrected chi connectivity index (χ4v) is 5.75. The number of nitrogens with one attached hydrogen (secondary N) is 3. The van der Waals surface area contributed by atoms with Gasteiger partial charge in [0.1, 0.15) is 23.9 Å². The van der Waals surface area contributed by atoms with Gasteiger partial charge < -0.3 is 25.3 Å². The highest BCUT2D eigenvalue weighted by Gasteiger charge is 2.46. The smallest absolute Gasteiger partial charge is 0.247 e. The highest BCUT2D eigenvalue weighted by atomic mass is 16.5. The molecule has 216 valence electrons. The van der Waals surface area contributed by atoms with Gasteiger partial charge in [-0.25, -0.2) is 0 Å². The number of ether oxygens (including phenoxy) is 1. The maximum atomic E-state index is 14.2. The van der Waals surface area contributed by atoms with Crippen LogP contribution >= 0.6 is 0 Å². The molecule has 1 fully saturated rings. The fraction of sp³-hybridized carbons (Fsp3) is 0.406. The number of likely N-dealkylation sites (N-methyl/N-ethyl adjacent to an activating group) is 1. The lowest BCUT2D eigenvalue weighted by Crippen LogP contribution is -2.59. The Labute approximate surface area is 240 Å². The maximum Gasteiger partial charge on any atom is 0.247 e. The predicted octanol–water partition coefficient (Wildman–Crippen LogP) is 3.32. The summed E-state index contributed by atoms with van der Waals surface area (Å²) in [5.41, 5.74) is 2.91. The first-order valence-corrected chi connectivity index (χ1v) is 14.3. The summed E-state index contributed by atoms with van der Waals surface area (Å²) >= 11 is 0. The van der Waals surface area contributed by atoms with Crippen molar-refractivity contribution in [3.8, 4) is 5.75 Å². The van der Waals surface area contributed by atoms with Crippen LogP contribution in [0.15, 0.2) is 60.9 Å². The van der Waals surface area contributed by atoms with Crippen molar-refractivity contribution in [3.63, 3.8) is 0 Å². The first kappa shape index (κ1) is 28.4. The van der Waals surface area contributed by atoms with E-state index in [4.69, 9.17) is 4.74 Å². The SMILES string of the molecule is CC[C@H](C)[C@@H]1NC(=O)[C@@H]2[C@H](CCN2C(=O)[C@H](Cc2c[nH]c3ccccc23)N(C)C)Oc2cccc(c2)C=CNC1=O. The van der Waals surface area contributed by atoms with Crippen molar-refractivity contribution in [2.45, 2.75) is 57.3 Å². The molecule has 0 aliphatic carbocycles. The van der Waals surface area contributed by atoms with E-state index in [-0.39, 0.29) is 23.6 Å². The van der Waals surface area contributed by atoms with Crippen molar-refractivity contribution in [2.24, 2.45) is 5.92 Å². The second-order valence-electron chi connectivity index (χ2n) is 11.3. The summed E-state index contributed by atoms with van der Waals surface area (Å²) in [4.78, 5) is 48.3. The van der Waals surface area contributed by atoms with E-state index in [1.807, 2.05) is 87.6 Å². The molecule has 3 aromatic rings. The van der Waals surface area contributed by atoms with Gasteiger partial charge in [0.05, 0.1) is 6.04 Å². The van der Waals surface area contributed by atoms with Crippen molar-refractivity contribution in [3.05, 3.63) is 72.1 Å². The molecule has 1 saturated heterocycles. The minimum Gasteiger partial charge on any atom is -0.488 e. The number of benzene rings is 2. The normalized spacial score (nSPS) is 22.6. The zero-order chi connectivity index (χ0) is 29.1. The Kier molecular flexibility index (Phi) is 8.44. The highest BCUT2D eigenvalue weighted by molar-refractivity contribution is 5.95. The lowest BCUT2D eigenvalue weighted by Gasteiger charge is -2.34. The van der Waals surface area contributed by atoms with E-state index in [9.17, 15) is 14.4 Å². The van der Waals surface area contributed by atoms with E-state index < -0.39 is 24.2 Å². The van der Waals surface area contributed by atoms with Crippen LogP contribution in [-0.2, 0) is 20.8 Å². The van der Waals surface area contributed by atoms with E-state index in [1.165, 1.54) is 0 Å². The molecule has 1 aromatic heterocycles. The monoisotopic (exact) mass is 557 g/mol. The van der Waals surface area contributed by atoms with Crippen molar-refractivity contribution in [1.29, 1.82) is 0 Å². The number of nitrogens with zero attached hydrogens (tertiary/aromatic N) is 2. The first-order chi connectivity index (χ1) is 19.8. The molecule has 0 unspecified atom stereocenters. The van der Waals surface area contributed by atoms with Crippen LogP contribution < -0.4 is 15.4 Å². The number of hydrogen-bond donors (Lipinski definition) is 3. The number of hydrogen-bond acceptors (Lipinski definition) is 5. The minimum absolute atomic E-state index is 0.111. The Hall–Kier alpha value is -4.11. The summed E-state index contributed by atoms with van der Waals surface area (Å²) in [5.74, 6) is -0.324. The van der Waals surface area contributed by atoms with Crippen LogP contribution in [0.4, 0.5) is 0 Å². The third kappa shape index (κ3) is 6.00. The highest BCUT2D eigenvalue weighted by Crippen LogP contribution is 2.28. The van der Waals surface area contributed by atoms with Crippen LogP contribution in [0, 0.1) is 5.92 Å². The first-order valence-electron chi connectivity index (χ1n) is 14.3. The van der Waals surface area contributed by atoms with Crippen LogP contribution in [0.1, 0.15) is 37.8 Å². The van der Waals surface area contributed by atoms with E-state index in [2.05, 4.69) is 15.6 Å². The molecule has 5 rings (SSSR count). The van der Waals surface area contributed by atoms with E-state index >= 15 is 0 Å². The molecule has 41 heavy (non-hydrogen) atoms. The predicted molar refractivity (Wildman–Crippen MR) is 159 cm³/mol. The van der Waals surface area contributed by atoms with Crippen molar-refractivity contribution < 1.29 is 19.1 Å². The van der Waals surface area contributed by atoms with Gasteiger partial charge in [-0.3, -0.25) is 19.3 Å².